The Balaban J connectivity index is 1.66. The minimum Gasteiger partial charge on any atom is -0.477 e. The second kappa shape index (κ2) is 8.93. The van der Waals surface area contributed by atoms with E-state index in [2.05, 4.69) is 23.8 Å². The van der Waals surface area contributed by atoms with Crippen LogP contribution in [0.1, 0.15) is 74.1 Å². The van der Waals surface area contributed by atoms with Crippen molar-refractivity contribution in [1.82, 2.24) is 19.7 Å². The van der Waals surface area contributed by atoms with Gasteiger partial charge in [0, 0.05) is 24.9 Å². The molecule has 0 radical (unpaired) electrons. The van der Waals surface area contributed by atoms with Gasteiger partial charge in [0.1, 0.15) is 12.1 Å². The standard InChI is InChI=1S/C26H29N5O3/c1-16(2)24-23-20(17-9-10-22(27-14-17)30(3)19-11-12-34-15-19)13-21(26(32)33)28-25(23)31(29-24)18-7-5-4-6-8-18/h9-16,18H,4-8H2,1-3H3,(H,32,33). The molecule has 1 fully saturated rings. The molecule has 8 nitrogen and oxygen atoms in total. The van der Waals surface area contributed by atoms with E-state index in [-0.39, 0.29) is 17.7 Å². The lowest BCUT2D eigenvalue weighted by Crippen LogP contribution is -2.15. The number of carboxylic acid groups (broad SMARTS) is 1. The van der Waals surface area contributed by atoms with E-state index in [0.29, 0.717) is 5.65 Å². The lowest BCUT2D eigenvalue weighted by atomic mass is 9.95. The van der Waals surface area contributed by atoms with E-state index in [1.807, 2.05) is 34.8 Å². The zero-order valence-electron chi connectivity index (χ0n) is 19.7. The Morgan fingerprint density at radius 3 is 2.62 bits per heavy atom. The molecule has 0 amide bonds. The summed E-state index contributed by atoms with van der Waals surface area (Å²) in [5.74, 6) is -0.117. The number of nitrogens with zero attached hydrogens (tertiary/aromatic N) is 5. The van der Waals surface area contributed by atoms with Crippen LogP contribution in [-0.2, 0) is 0 Å². The van der Waals surface area contributed by atoms with Crippen molar-refractivity contribution in [3.8, 4) is 11.1 Å². The van der Waals surface area contributed by atoms with Gasteiger partial charge >= 0.3 is 5.97 Å². The maximum Gasteiger partial charge on any atom is 0.354 e. The monoisotopic (exact) mass is 459 g/mol. The summed E-state index contributed by atoms with van der Waals surface area (Å²) >= 11 is 0. The Morgan fingerprint density at radius 1 is 1.21 bits per heavy atom. The highest BCUT2D eigenvalue weighted by Crippen LogP contribution is 2.38. The van der Waals surface area contributed by atoms with Gasteiger partial charge in [-0.3, -0.25) is 0 Å². The van der Waals surface area contributed by atoms with Crippen molar-refractivity contribution in [2.45, 2.75) is 57.9 Å². The number of hydrogen-bond donors (Lipinski definition) is 1. The number of aromatic carboxylic acids is 1. The number of carbonyl (C=O) groups is 1. The zero-order valence-corrected chi connectivity index (χ0v) is 19.7. The lowest BCUT2D eigenvalue weighted by molar-refractivity contribution is 0.0691. The van der Waals surface area contributed by atoms with Gasteiger partial charge in [0.15, 0.2) is 11.3 Å². The molecular weight excluding hydrogens is 430 g/mol. The summed E-state index contributed by atoms with van der Waals surface area (Å²) in [4.78, 5) is 23.2. The molecule has 0 bridgehead atoms. The molecule has 0 atom stereocenters. The predicted molar refractivity (Wildman–Crippen MR) is 131 cm³/mol. The van der Waals surface area contributed by atoms with Crippen LogP contribution in [0.5, 0.6) is 0 Å². The predicted octanol–water partition coefficient (Wildman–Crippen LogP) is 6.18. The third kappa shape index (κ3) is 3.93. The van der Waals surface area contributed by atoms with Crippen LogP contribution in [0.2, 0.25) is 0 Å². The van der Waals surface area contributed by atoms with Crippen molar-refractivity contribution in [1.29, 1.82) is 0 Å². The molecule has 4 aromatic heterocycles. The molecule has 1 aliphatic rings. The van der Waals surface area contributed by atoms with Gasteiger partial charge in [0.05, 0.1) is 29.1 Å². The Bertz CT molecular complexity index is 1300. The van der Waals surface area contributed by atoms with Crippen LogP contribution < -0.4 is 4.90 Å². The van der Waals surface area contributed by atoms with Gasteiger partial charge in [0.2, 0.25) is 0 Å². The Morgan fingerprint density at radius 2 is 2.00 bits per heavy atom. The first-order chi connectivity index (χ1) is 16.4. The van der Waals surface area contributed by atoms with Crippen LogP contribution in [0.15, 0.2) is 47.4 Å². The number of rotatable bonds is 6. The highest BCUT2D eigenvalue weighted by Gasteiger charge is 2.26. The molecule has 1 aliphatic carbocycles. The van der Waals surface area contributed by atoms with E-state index in [4.69, 9.17) is 9.52 Å². The molecule has 4 heterocycles. The van der Waals surface area contributed by atoms with Crippen molar-refractivity contribution in [3.63, 3.8) is 0 Å². The van der Waals surface area contributed by atoms with Gasteiger partial charge in [-0.15, -0.1) is 0 Å². The fourth-order valence-electron chi connectivity index (χ4n) is 4.81. The lowest BCUT2D eigenvalue weighted by Gasteiger charge is -2.22. The van der Waals surface area contributed by atoms with Gasteiger partial charge in [0.25, 0.3) is 0 Å². The smallest absolute Gasteiger partial charge is 0.354 e. The first kappa shape index (κ1) is 22.1. The molecule has 0 saturated heterocycles. The SMILES string of the molecule is CC(C)c1nn(C2CCCCC2)c2nc(C(=O)O)cc(-c3ccc(N(C)c4ccoc4)nc3)c12. The molecule has 1 N–H and O–H groups in total. The van der Waals surface area contributed by atoms with E-state index < -0.39 is 5.97 Å². The number of hydrogen-bond acceptors (Lipinski definition) is 6. The summed E-state index contributed by atoms with van der Waals surface area (Å²) in [6.07, 6.45) is 10.7. The van der Waals surface area contributed by atoms with Crippen LogP contribution >= 0.6 is 0 Å². The van der Waals surface area contributed by atoms with Crippen molar-refractivity contribution >= 4 is 28.5 Å². The maximum absolute atomic E-state index is 12.0. The molecule has 5 rings (SSSR count). The van der Waals surface area contributed by atoms with Gasteiger partial charge in [-0.1, -0.05) is 33.1 Å². The van der Waals surface area contributed by atoms with E-state index >= 15 is 0 Å². The van der Waals surface area contributed by atoms with E-state index in [0.717, 1.165) is 59.4 Å². The highest BCUT2D eigenvalue weighted by atomic mass is 16.4. The van der Waals surface area contributed by atoms with E-state index in [9.17, 15) is 9.90 Å². The normalized spacial score (nSPS) is 14.7. The number of pyridine rings is 2. The van der Waals surface area contributed by atoms with Crippen LogP contribution in [0.25, 0.3) is 22.2 Å². The average Bonchev–Trinajstić information content (AvgIpc) is 3.52. The molecule has 4 aromatic rings. The third-order valence-electron chi connectivity index (χ3n) is 6.67. The molecule has 1 saturated carbocycles. The van der Waals surface area contributed by atoms with Gasteiger partial charge in [-0.05, 0) is 42.5 Å². The molecular formula is C26H29N5O3. The number of fused-ring (bicyclic) bond motifs is 1. The zero-order chi connectivity index (χ0) is 23.8. The Hall–Kier alpha value is -3.68. The van der Waals surface area contributed by atoms with Crippen LogP contribution in [-0.4, -0.2) is 37.9 Å². The summed E-state index contributed by atoms with van der Waals surface area (Å²) in [7, 11) is 1.92. The maximum atomic E-state index is 12.0. The quantitative estimate of drug-likeness (QED) is 0.367. The summed E-state index contributed by atoms with van der Waals surface area (Å²) in [5.41, 5.74) is 4.16. The molecule has 0 aromatic carbocycles. The number of aromatic nitrogens is 4. The summed E-state index contributed by atoms with van der Waals surface area (Å²) < 4.78 is 7.17. The van der Waals surface area contributed by atoms with Crippen molar-refractivity contribution in [3.05, 3.63) is 54.4 Å². The summed E-state index contributed by atoms with van der Waals surface area (Å²) in [6.45, 7) is 4.23. The van der Waals surface area contributed by atoms with Crippen molar-refractivity contribution in [2.24, 2.45) is 0 Å². The van der Waals surface area contributed by atoms with Crippen LogP contribution in [0, 0.1) is 0 Å². The highest BCUT2D eigenvalue weighted by molar-refractivity contribution is 5.99. The minimum absolute atomic E-state index is 0.0226. The first-order valence-electron chi connectivity index (χ1n) is 11.8. The van der Waals surface area contributed by atoms with Gasteiger partial charge in [-0.25, -0.2) is 19.4 Å². The number of furan rings is 1. The van der Waals surface area contributed by atoms with Gasteiger partial charge in [-0.2, -0.15) is 5.10 Å². The molecule has 0 aliphatic heterocycles. The number of carboxylic acids is 1. The van der Waals surface area contributed by atoms with Crippen molar-refractivity contribution in [2.75, 3.05) is 11.9 Å². The second-order valence-electron chi connectivity index (χ2n) is 9.28. The molecule has 0 spiro atoms. The third-order valence-corrected chi connectivity index (χ3v) is 6.67. The average molecular weight is 460 g/mol. The topological polar surface area (TPSA) is 97.3 Å². The molecule has 176 valence electrons. The Labute approximate surface area is 198 Å². The van der Waals surface area contributed by atoms with Crippen LogP contribution in [0.4, 0.5) is 11.5 Å². The van der Waals surface area contributed by atoms with E-state index in [1.165, 1.54) is 6.42 Å². The fourth-order valence-corrected chi connectivity index (χ4v) is 4.81. The second-order valence-corrected chi connectivity index (χ2v) is 9.28. The summed E-state index contributed by atoms with van der Waals surface area (Å²) in [6, 6.07) is 7.67. The van der Waals surface area contributed by atoms with E-state index in [1.54, 1.807) is 24.8 Å². The largest absolute Gasteiger partial charge is 0.477 e. The van der Waals surface area contributed by atoms with Crippen LogP contribution in [0.3, 0.4) is 0 Å². The minimum atomic E-state index is -1.05. The number of anilines is 2. The van der Waals surface area contributed by atoms with Crippen molar-refractivity contribution < 1.29 is 14.3 Å². The first-order valence-corrected chi connectivity index (χ1v) is 11.8. The van der Waals surface area contributed by atoms with Gasteiger partial charge < -0.3 is 14.4 Å². The summed E-state index contributed by atoms with van der Waals surface area (Å²) in [5, 5.41) is 15.8. The molecule has 34 heavy (non-hydrogen) atoms. The molecule has 8 heteroatoms. The fraction of sp³-hybridized carbons (Fsp3) is 0.385. The molecule has 0 unspecified atom stereocenters. The Kier molecular flexibility index (Phi) is 5.81.